The van der Waals surface area contributed by atoms with Crippen LogP contribution in [-0.4, -0.2) is 59.3 Å². The van der Waals surface area contributed by atoms with Crippen molar-refractivity contribution in [3.05, 3.63) is 29.8 Å². The van der Waals surface area contributed by atoms with Crippen LogP contribution in [0.25, 0.3) is 0 Å². The Bertz CT molecular complexity index is 1030. The maximum absolute atomic E-state index is 12.4. The molecular weight excluding hydrogens is 454 g/mol. The van der Waals surface area contributed by atoms with Gasteiger partial charge in [-0.25, -0.2) is 21.6 Å². The van der Waals surface area contributed by atoms with Gasteiger partial charge in [-0.15, -0.1) is 0 Å². The van der Waals surface area contributed by atoms with Crippen molar-refractivity contribution in [2.75, 3.05) is 24.6 Å². The van der Waals surface area contributed by atoms with Crippen LogP contribution in [0.2, 0.25) is 0 Å². The summed E-state index contributed by atoms with van der Waals surface area (Å²) in [6.45, 7) is 2.05. The summed E-state index contributed by atoms with van der Waals surface area (Å²) in [5, 5.41) is 5.28. The van der Waals surface area contributed by atoms with E-state index in [1.165, 1.54) is 0 Å². The largest absolute Gasteiger partial charge is 0.351 e. The van der Waals surface area contributed by atoms with Gasteiger partial charge in [0.05, 0.1) is 22.9 Å². The number of sulfone groups is 1. The highest BCUT2D eigenvalue weighted by Gasteiger charge is 2.30. The van der Waals surface area contributed by atoms with Gasteiger partial charge in [0.15, 0.2) is 9.84 Å². The maximum atomic E-state index is 12.4. The standard InChI is InChI=1S/C21H31N3O6S2/c1-15-2-8-19(9-3-15)32(29,30)23-12-16-4-6-17(7-5-16)21(26)22-13-20(25)24-18-10-11-31(27,28)14-18/h2-3,8-9,16-18,23H,4-7,10-14H2,1H3,(H,22,26)(H,24,25). The van der Waals surface area contributed by atoms with Crippen molar-refractivity contribution in [2.45, 2.75) is 50.0 Å². The van der Waals surface area contributed by atoms with Gasteiger partial charge >= 0.3 is 0 Å². The van der Waals surface area contributed by atoms with Gasteiger partial charge in [-0.1, -0.05) is 17.7 Å². The highest BCUT2D eigenvalue weighted by molar-refractivity contribution is 7.91. The van der Waals surface area contributed by atoms with E-state index in [-0.39, 0.29) is 52.6 Å². The van der Waals surface area contributed by atoms with Gasteiger partial charge < -0.3 is 10.6 Å². The molecule has 11 heteroatoms. The maximum Gasteiger partial charge on any atom is 0.240 e. The molecular formula is C21H31N3O6S2. The van der Waals surface area contributed by atoms with Crippen LogP contribution in [0.3, 0.4) is 0 Å². The fraction of sp³-hybridized carbons (Fsp3) is 0.619. The molecule has 1 saturated carbocycles. The summed E-state index contributed by atoms with van der Waals surface area (Å²) in [7, 11) is -6.62. The first-order valence-corrected chi connectivity index (χ1v) is 14.2. The molecule has 1 aromatic carbocycles. The van der Waals surface area contributed by atoms with Crippen LogP contribution in [0.15, 0.2) is 29.2 Å². The van der Waals surface area contributed by atoms with Crippen LogP contribution < -0.4 is 15.4 Å². The lowest BCUT2D eigenvalue weighted by molar-refractivity contribution is -0.129. The molecule has 1 aliphatic heterocycles. The minimum Gasteiger partial charge on any atom is -0.351 e. The first-order valence-electron chi connectivity index (χ1n) is 10.9. The Hall–Kier alpha value is -1.98. The van der Waals surface area contributed by atoms with Gasteiger partial charge in [0.2, 0.25) is 21.8 Å². The van der Waals surface area contributed by atoms with Crippen LogP contribution in [-0.2, 0) is 29.4 Å². The fourth-order valence-electron chi connectivity index (χ4n) is 4.16. The molecule has 0 aromatic heterocycles. The number of amides is 2. The summed E-state index contributed by atoms with van der Waals surface area (Å²) in [5.74, 6) is -0.608. The smallest absolute Gasteiger partial charge is 0.240 e. The molecule has 32 heavy (non-hydrogen) atoms. The molecule has 1 saturated heterocycles. The van der Waals surface area contributed by atoms with Gasteiger partial charge in [0.25, 0.3) is 0 Å². The molecule has 3 N–H and O–H groups in total. The molecule has 178 valence electrons. The first kappa shape index (κ1) is 24.7. The topological polar surface area (TPSA) is 139 Å². The lowest BCUT2D eigenvalue weighted by atomic mass is 9.81. The predicted octanol–water partition coefficient (Wildman–Crippen LogP) is 0.499. The molecule has 3 rings (SSSR count). The molecule has 1 aromatic rings. The van der Waals surface area contributed by atoms with Gasteiger partial charge in [0.1, 0.15) is 0 Å². The SMILES string of the molecule is Cc1ccc(S(=O)(=O)NCC2CCC(C(=O)NCC(=O)NC3CCS(=O)(=O)C3)CC2)cc1. The van der Waals surface area contributed by atoms with Crippen molar-refractivity contribution in [3.63, 3.8) is 0 Å². The Labute approximate surface area is 189 Å². The molecule has 0 spiro atoms. The van der Waals surface area contributed by atoms with Crippen LogP contribution in [0.4, 0.5) is 0 Å². The van der Waals surface area contributed by atoms with E-state index in [1.807, 2.05) is 6.92 Å². The number of hydrogen-bond acceptors (Lipinski definition) is 6. The zero-order chi connectivity index (χ0) is 23.4. The van der Waals surface area contributed by atoms with Gasteiger partial charge in [-0.3, -0.25) is 9.59 Å². The van der Waals surface area contributed by atoms with Crippen LogP contribution >= 0.6 is 0 Å². The summed E-state index contributed by atoms with van der Waals surface area (Å²) >= 11 is 0. The lowest BCUT2D eigenvalue weighted by Crippen LogP contribution is -2.44. The number of nitrogens with one attached hydrogen (secondary N) is 3. The van der Waals surface area contributed by atoms with E-state index in [4.69, 9.17) is 0 Å². The van der Waals surface area contributed by atoms with Crippen molar-refractivity contribution < 1.29 is 26.4 Å². The second-order valence-electron chi connectivity index (χ2n) is 8.77. The zero-order valence-electron chi connectivity index (χ0n) is 18.2. The molecule has 1 atom stereocenters. The van der Waals surface area contributed by atoms with Crippen LogP contribution in [0.1, 0.15) is 37.7 Å². The molecule has 1 heterocycles. The molecule has 1 aliphatic carbocycles. The molecule has 2 aliphatic rings. The number of rotatable bonds is 8. The summed E-state index contributed by atoms with van der Waals surface area (Å²) in [6, 6.07) is 6.30. The molecule has 0 bridgehead atoms. The van der Waals surface area contributed by atoms with Gasteiger partial charge in [-0.2, -0.15) is 0 Å². The Balaban J connectivity index is 1.36. The van der Waals surface area contributed by atoms with Gasteiger partial charge in [-0.05, 0) is 57.1 Å². The van der Waals surface area contributed by atoms with Crippen molar-refractivity contribution in [2.24, 2.45) is 11.8 Å². The van der Waals surface area contributed by atoms with Crippen molar-refractivity contribution in [3.8, 4) is 0 Å². The van der Waals surface area contributed by atoms with Crippen molar-refractivity contribution in [1.29, 1.82) is 0 Å². The minimum atomic E-state index is -3.55. The summed E-state index contributed by atoms with van der Waals surface area (Å²) in [5.41, 5.74) is 0.990. The minimum absolute atomic E-state index is 0.0512. The van der Waals surface area contributed by atoms with Crippen molar-refractivity contribution >= 4 is 31.7 Å². The Morgan fingerprint density at radius 1 is 1.03 bits per heavy atom. The van der Waals surface area contributed by atoms with Gasteiger partial charge in [0, 0.05) is 18.5 Å². The lowest BCUT2D eigenvalue weighted by Gasteiger charge is -2.27. The van der Waals surface area contributed by atoms with E-state index in [0.29, 0.717) is 25.8 Å². The Kier molecular flexibility index (Phi) is 7.94. The quantitative estimate of drug-likeness (QED) is 0.490. The number of carbonyl (C=O) groups is 2. The average Bonchev–Trinajstić information content (AvgIpc) is 3.09. The monoisotopic (exact) mass is 485 g/mol. The number of aryl methyl sites for hydroxylation is 1. The summed E-state index contributed by atoms with van der Waals surface area (Å²) in [6.07, 6.45) is 3.11. The zero-order valence-corrected chi connectivity index (χ0v) is 19.8. The van der Waals surface area contributed by atoms with E-state index in [1.54, 1.807) is 24.3 Å². The highest BCUT2D eigenvalue weighted by Crippen LogP contribution is 2.28. The van der Waals surface area contributed by atoms with E-state index in [2.05, 4.69) is 15.4 Å². The number of carbonyl (C=O) groups excluding carboxylic acids is 2. The molecule has 2 amide bonds. The third-order valence-corrected chi connectivity index (χ3v) is 9.34. The summed E-state index contributed by atoms with van der Waals surface area (Å²) < 4.78 is 50.4. The molecule has 1 unspecified atom stereocenters. The highest BCUT2D eigenvalue weighted by atomic mass is 32.2. The van der Waals surface area contributed by atoms with Crippen LogP contribution in [0.5, 0.6) is 0 Å². The fourth-order valence-corrected chi connectivity index (χ4v) is 6.95. The third kappa shape index (κ3) is 7.01. The second-order valence-corrected chi connectivity index (χ2v) is 12.8. The Morgan fingerprint density at radius 3 is 2.28 bits per heavy atom. The first-order chi connectivity index (χ1) is 15.0. The normalized spacial score (nSPS) is 25.2. The number of hydrogen-bond donors (Lipinski definition) is 3. The number of sulfonamides is 1. The second kappa shape index (κ2) is 10.3. The molecule has 2 fully saturated rings. The van der Waals surface area contributed by atoms with E-state index in [0.717, 1.165) is 18.4 Å². The molecule has 0 radical (unpaired) electrons. The third-order valence-electron chi connectivity index (χ3n) is 6.13. The average molecular weight is 486 g/mol. The van der Waals surface area contributed by atoms with E-state index >= 15 is 0 Å². The Morgan fingerprint density at radius 2 is 1.69 bits per heavy atom. The van der Waals surface area contributed by atoms with E-state index in [9.17, 15) is 26.4 Å². The van der Waals surface area contributed by atoms with E-state index < -0.39 is 19.9 Å². The van der Waals surface area contributed by atoms with Crippen molar-refractivity contribution in [1.82, 2.24) is 15.4 Å². The molecule has 9 nitrogen and oxygen atoms in total. The van der Waals surface area contributed by atoms with Crippen LogP contribution in [0, 0.1) is 18.8 Å². The number of benzene rings is 1. The predicted molar refractivity (Wildman–Crippen MR) is 120 cm³/mol. The summed E-state index contributed by atoms with van der Waals surface area (Å²) in [4.78, 5) is 24.6.